The highest BCUT2D eigenvalue weighted by molar-refractivity contribution is 6.12. The Kier molecular flexibility index (Phi) is 6.24. The van der Waals surface area contributed by atoms with Gasteiger partial charge in [-0.15, -0.1) is 0 Å². The van der Waals surface area contributed by atoms with Gasteiger partial charge in [0.1, 0.15) is 6.54 Å². The van der Waals surface area contributed by atoms with Gasteiger partial charge in [0.15, 0.2) is 5.75 Å². The number of fused-ring (bicyclic) bond motifs is 1. The van der Waals surface area contributed by atoms with Gasteiger partial charge < -0.3 is 9.47 Å². The molecule has 3 aromatic rings. The number of hydrogen-bond acceptors (Lipinski definition) is 5. The van der Waals surface area contributed by atoms with Crippen molar-refractivity contribution in [1.82, 2.24) is 14.8 Å². The summed E-state index contributed by atoms with van der Waals surface area (Å²) in [6.45, 7) is 7.13. The molecule has 3 heterocycles. The fourth-order valence-corrected chi connectivity index (χ4v) is 4.22. The molecule has 0 aliphatic carbocycles. The van der Waals surface area contributed by atoms with Crippen molar-refractivity contribution < 1.29 is 27.4 Å². The number of hydrogen-bond donors (Lipinski definition) is 0. The highest BCUT2D eigenvalue weighted by Gasteiger charge is 2.38. The Morgan fingerprint density at radius 1 is 1.06 bits per heavy atom. The molecule has 1 aromatic carbocycles. The van der Waals surface area contributed by atoms with Gasteiger partial charge in [-0.2, -0.15) is 18.3 Å². The van der Waals surface area contributed by atoms with Crippen molar-refractivity contribution in [2.45, 2.75) is 46.5 Å². The second-order valence-corrected chi connectivity index (χ2v) is 8.01. The molecule has 0 saturated heterocycles. The predicted molar refractivity (Wildman–Crippen MR) is 120 cm³/mol. The topological polar surface area (TPSA) is 69.5 Å². The molecule has 0 fully saturated rings. The van der Waals surface area contributed by atoms with Gasteiger partial charge in [0.05, 0.1) is 31.1 Å². The molecule has 1 aliphatic rings. The molecule has 34 heavy (non-hydrogen) atoms. The van der Waals surface area contributed by atoms with E-state index in [0.717, 1.165) is 26.9 Å². The second kappa shape index (κ2) is 9.00. The molecule has 1 amide bonds. The van der Waals surface area contributed by atoms with Crippen molar-refractivity contribution in [2.24, 2.45) is 0 Å². The Morgan fingerprint density at radius 3 is 2.47 bits per heavy atom. The quantitative estimate of drug-likeness (QED) is 0.463. The summed E-state index contributed by atoms with van der Waals surface area (Å²) < 4.78 is 50.2. The Morgan fingerprint density at radius 2 is 1.79 bits per heavy atom. The van der Waals surface area contributed by atoms with Gasteiger partial charge in [0, 0.05) is 23.5 Å². The van der Waals surface area contributed by atoms with Crippen molar-refractivity contribution in [2.75, 3.05) is 18.1 Å². The van der Waals surface area contributed by atoms with Crippen LogP contribution in [-0.2, 0) is 6.54 Å². The maximum absolute atomic E-state index is 13.2. The molecule has 1 atom stereocenters. The molecule has 0 saturated carbocycles. The van der Waals surface area contributed by atoms with Gasteiger partial charge in [-0.1, -0.05) is 6.07 Å². The smallest absolute Gasteiger partial charge is 0.408 e. The SMILES string of the molecule is CCOc1cc(-c2cc(C)c3c(c2)C(C)N(c2cnn(CC(F)(F)F)c2)C3=O)cnc1OCC. The summed E-state index contributed by atoms with van der Waals surface area (Å²) in [4.78, 5) is 19.1. The van der Waals surface area contributed by atoms with Gasteiger partial charge in [-0.25, -0.2) is 4.98 Å². The Labute approximate surface area is 195 Å². The summed E-state index contributed by atoms with van der Waals surface area (Å²) in [7, 11) is 0. The molecule has 1 aliphatic heterocycles. The monoisotopic (exact) mass is 474 g/mol. The number of aryl methyl sites for hydroxylation is 1. The molecular formula is C24H25F3N4O3. The highest BCUT2D eigenvalue weighted by Crippen LogP contribution is 2.41. The predicted octanol–water partition coefficient (Wildman–Crippen LogP) is 5.33. The van der Waals surface area contributed by atoms with Crippen LogP contribution in [0.25, 0.3) is 11.1 Å². The second-order valence-electron chi connectivity index (χ2n) is 8.01. The number of anilines is 1. The number of benzene rings is 1. The third kappa shape index (κ3) is 4.44. The first kappa shape index (κ1) is 23.6. The summed E-state index contributed by atoms with van der Waals surface area (Å²) in [6.07, 6.45) is -0.179. The van der Waals surface area contributed by atoms with Crippen LogP contribution in [0.3, 0.4) is 0 Å². The van der Waals surface area contributed by atoms with Crippen molar-refractivity contribution >= 4 is 11.6 Å². The third-order valence-corrected chi connectivity index (χ3v) is 5.61. The zero-order valence-corrected chi connectivity index (χ0v) is 19.3. The van der Waals surface area contributed by atoms with Crippen LogP contribution in [0, 0.1) is 6.92 Å². The summed E-state index contributed by atoms with van der Waals surface area (Å²) >= 11 is 0. The fraction of sp³-hybridized carbons (Fsp3) is 0.375. The number of pyridine rings is 1. The minimum Gasteiger partial charge on any atom is -0.488 e. The van der Waals surface area contributed by atoms with E-state index in [1.807, 2.05) is 45.9 Å². The van der Waals surface area contributed by atoms with Crippen molar-refractivity contribution in [3.8, 4) is 22.8 Å². The minimum absolute atomic E-state index is 0.266. The number of carbonyl (C=O) groups is 1. The first-order chi connectivity index (χ1) is 16.1. The molecule has 1 unspecified atom stereocenters. The molecule has 0 radical (unpaired) electrons. The van der Waals surface area contributed by atoms with Gasteiger partial charge >= 0.3 is 6.18 Å². The molecule has 4 rings (SSSR count). The average molecular weight is 474 g/mol. The number of halogens is 3. The lowest BCUT2D eigenvalue weighted by Gasteiger charge is -2.20. The lowest BCUT2D eigenvalue weighted by atomic mass is 9.95. The van der Waals surface area contributed by atoms with Crippen LogP contribution in [0.15, 0.2) is 36.8 Å². The van der Waals surface area contributed by atoms with E-state index in [0.29, 0.717) is 36.1 Å². The number of ether oxygens (including phenoxy) is 2. The average Bonchev–Trinajstić information content (AvgIpc) is 3.30. The molecule has 2 aromatic heterocycles. The Hall–Kier alpha value is -3.56. The first-order valence-electron chi connectivity index (χ1n) is 11.0. The fourth-order valence-electron chi connectivity index (χ4n) is 4.22. The molecule has 0 N–H and O–H groups in total. The van der Waals surface area contributed by atoms with Crippen LogP contribution in [-0.4, -0.2) is 40.1 Å². The molecule has 10 heteroatoms. The summed E-state index contributed by atoms with van der Waals surface area (Å²) in [5.74, 6) is 0.678. The van der Waals surface area contributed by atoms with Crippen LogP contribution in [0.2, 0.25) is 0 Å². The van der Waals surface area contributed by atoms with Gasteiger partial charge in [-0.05, 0) is 56.5 Å². The lowest BCUT2D eigenvalue weighted by Crippen LogP contribution is -2.26. The maximum Gasteiger partial charge on any atom is 0.408 e. The standard InChI is InChI=1S/C24H25F3N4O3/c1-5-33-20-9-17(10-28-22(20)34-6-2)16-7-14(3)21-19(8-16)15(4)31(23(21)32)18-11-29-30(12-18)13-24(25,26)27/h7-12,15H,5-6,13H2,1-4H3. The van der Waals surface area contributed by atoms with Crippen LogP contribution < -0.4 is 14.4 Å². The summed E-state index contributed by atoms with van der Waals surface area (Å²) in [5.41, 5.74) is 4.07. The van der Waals surface area contributed by atoms with Crippen molar-refractivity contribution in [3.05, 3.63) is 53.5 Å². The van der Waals surface area contributed by atoms with E-state index in [1.165, 1.54) is 17.3 Å². The normalized spacial score (nSPS) is 15.6. The van der Waals surface area contributed by atoms with E-state index >= 15 is 0 Å². The van der Waals surface area contributed by atoms with E-state index in [2.05, 4.69) is 10.1 Å². The minimum atomic E-state index is -4.40. The van der Waals surface area contributed by atoms with Crippen LogP contribution in [0.4, 0.5) is 18.9 Å². The number of aromatic nitrogens is 3. The van der Waals surface area contributed by atoms with Gasteiger partial charge in [0.2, 0.25) is 0 Å². The maximum atomic E-state index is 13.2. The highest BCUT2D eigenvalue weighted by atomic mass is 19.4. The summed E-state index contributed by atoms with van der Waals surface area (Å²) in [6, 6.07) is 5.28. The zero-order chi connectivity index (χ0) is 24.6. The Bertz CT molecular complexity index is 1220. The molecule has 0 bridgehead atoms. The number of rotatable bonds is 7. The number of carbonyl (C=O) groups excluding carboxylic acids is 1. The van der Waals surface area contributed by atoms with Crippen molar-refractivity contribution in [3.63, 3.8) is 0 Å². The van der Waals surface area contributed by atoms with Gasteiger partial charge in [0.25, 0.3) is 11.8 Å². The Balaban J connectivity index is 1.69. The number of nitrogens with zero attached hydrogens (tertiary/aromatic N) is 4. The molecule has 7 nitrogen and oxygen atoms in total. The van der Waals surface area contributed by atoms with E-state index in [-0.39, 0.29) is 11.9 Å². The molecule has 180 valence electrons. The first-order valence-corrected chi connectivity index (χ1v) is 11.0. The third-order valence-electron chi connectivity index (χ3n) is 5.61. The van der Waals surface area contributed by atoms with Crippen molar-refractivity contribution in [1.29, 1.82) is 0 Å². The van der Waals surface area contributed by atoms with E-state index in [4.69, 9.17) is 9.47 Å². The van der Waals surface area contributed by atoms with E-state index in [1.54, 1.807) is 6.20 Å². The molecule has 0 spiro atoms. The number of alkyl halides is 3. The zero-order valence-electron chi connectivity index (χ0n) is 19.3. The van der Waals surface area contributed by atoms with Crippen LogP contribution >= 0.6 is 0 Å². The largest absolute Gasteiger partial charge is 0.488 e. The molecular weight excluding hydrogens is 449 g/mol. The van der Waals surface area contributed by atoms with Crippen LogP contribution in [0.5, 0.6) is 11.6 Å². The van der Waals surface area contributed by atoms with E-state index in [9.17, 15) is 18.0 Å². The lowest BCUT2D eigenvalue weighted by molar-refractivity contribution is -0.142. The number of amides is 1. The summed E-state index contributed by atoms with van der Waals surface area (Å²) in [5, 5.41) is 3.78. The van der Waals surface area contributed by atoms with E-state index < -0.39 is 12.7 Å². The van der Waals surface area contributed by atoms with Crippen LogP contribution in [0.1, 0.15) is 48.3 Å². The van der Waals surface area contributed by atoms with Gasteiger partial charge in [-0.3, -0.25) is 14.4 Å².